The lowest BCUT2D eigenvalue weighted by Gasteiger charge is -2.12. The van der Waals surface area contributed by atoms with E-state index in [1.807, 2.05) is 0 Å². The smallest absolute Gasteiger partial charge is 0.0754 e. The summed E-state index contributed by atoms with van der Waals surface area (Å²) in [6.45, 7) is 7.44. The van der Waals surface area contributed by atoms with Crippen LogP contribution in [-0.2, 0) is 11.3 Å². The molecule has 1 fully saturated rings. The van der Waals surface area contributed by atoms with Crippen LogP contribution in [0, 0.1) is 0 Å². The summed E-state index contributed by atoms with van der Waals surface area (Å²) in [6.07, 6.45) is 8.44. The molecule has 0 radical (unpaired) electrons. The van der Waals surface area contributed by atoms with Gasteiger partial charge in [-0.3, -0.25) is 0 Å². The molecule has 1 aromatic rings. The Morgan fingerprint density at radius 2 is 2.47 bits per heavy atom. The highest BCUT2D eigenvalue weighted by Crippen LogP contribution is 2.17. The first kappa shape index (κ1) is 12.7. The molecule has 1 aromatic heterocycles. The van der Waals surface area contributed by atoms with Crippen molar-refractivity contribution in [3.05, 3.63) is 24.0 Å². The van der Waals surface area contributed by atoms with Crippen molar-refractivity contribution in [2.24, 2.45) is 0 Å². The molecular formula is C14H24N2O. The summed E-state index contributed by atoms with van der Waals surface area (Å²) in [5.41, 5.74) is 1.37. The summed E-state index contributed by atoms with van der Waals surface area (Å²) in [6, 6.07) is 2.66. The Kier molecular flexibility index (Phi) is 4.63. The minimum absolute atomic E-state index is 0.425. The second-order valence-electron chi connectivity index (χ2n) is 4.95. The fourth-order valence-electron chi connectivity index (χ4n) is 2.33. The zero-order chi connectivity index (χ0) is 12.1. The molecule has 0 saturated carbocycles. The number of aromatic nitrogens is 1. The Morgan fingerprint density at radius 1 is 1.59 bits per heavy atom. The zero-order valence-corrected chi connectivity index (χ0v) is 11.0. The molecule has 0 aliphatic carbocycles. The summed E-state index contributed by atoms with van der Waals surface area (Å²) in [4.78, 5) is 0. The molecule has 96 valence electrons. The van der Waals surface area contributed by atoms with Gasteiger partial charge in [0.2, 0.25) is 0 Å². The SMILES string of the molecule is CCCNC(C)c1ccn(CC2CCCO2)c1. The molecule has 0 bridgehead atoms. The Morgan fingerprint density at radius 3 is 3.18 bits per heavy atom. The lowest BCUT2D eigenvalue weighted by Crippen LogP contribution is -2.19. The van der Waals surface area contributed by atoms with E-state index in [1.54, 1.807) is 0 Å². The molecule has 2 unspecified atom stereocenters. The fraction of sp³-hybridized carbons (Fsp3) is 0.714. The number of ether oxygens (including phenoxy) is 1. The Bertz CT molecular complexity index is 329. The van der Waals surface area contributed by atoms with E-state index in [-0.39, 0.29) is 0 Å². The highest BCUT2D eigenvalue weighted by molar-refractivity contribution is 5.14. The summed E-state index contributed by atoms with van der Waals surface area (Å²) < 4.78 is 7.91. The lowest BCUT2D eigenvalue weighted by molar-refractivity contribution is 0.0971. The molecule has 0 amide bonds. The summed E-state index contributed by atoms with van der Waals surface area (Å²) in [5, 5.41) is 3.51. The topological polar surface area (TPSA) is 26.2 Å². The second kappa shape index (κ2) is 6.22. The van der Waals surface area contributed by atoms with Crippen LogP contribution in [0.15, 0.2) is 18.5 Å². The number of hydrogen-bond donors (Lipinski definition) is 1. The molecule has 2 rings (SSSR count). The first-order chi connectivity index (χ1) is 8.29. The summed E-state index contributed by atoms with van der Waals surface area (Å²) in [7, 11) is 0. The van der Waals surface area contributed by atoms with Gasteiger partial charge in [0.25, 0.3) is 0 Å². The first-order valence-electron chi connectivity index (χ1n) is 6.80. The van der Waals surface area contributed by atoms with Crippen LogP contribution in [-0.4, -0.2) is 23.8 Å². The van der Waals surface area contributed by atoms with Crippen LogP contribution >= 0.6 is 0 Å². The third-order valence-electron chi connectivity index (χ3n) is 3.41. The van der Waals surface area contributed by atoms with Crippen molar-refractivity contribution >= 4 is 0 Å². The van der Waals surface area contributed by atoms with Crippen molar-refractivity contribution in [2.45, 2.75) is 51.8 Å². The van der Waals surface area contributed by atoms with Crippen LogP contribution in [0.4, 0.5) is 0 Å². The Labute approximate surface area is 104 Å². The van der Waals surface area contributed by atoms with Crippen LogP contribution in [0.1, 0.15) is 44.7 Å². The summed E-state index contributed by atoms with van der Waals surface area (Å²) >= 11 is 0. The number of rotatable bonds is 6. The van der Waals surface area contributed by atoms with E-state index in [1.165, 1.54) is 24.8 Å². The van der Waals surface area contributed by atoms with E-state index >= 15 is 0 Å². The highest BCUT2D eigenvalue weighted by Gasteiger charge is 2.16. The van der Waals surface area contributed by atoms with Crippen molar-refractivity contribution < 1.29 is 4.74 Å². The molecule has 17 heavy (non-hydrogen) atoms. The van der Waals surface area contributed by atoms with Crippen molar-refractivity contribution in [1.82, 2.24) is 9.88 Å². The van der Waals surface area contributed by atoms with Crippen molar-refractivity contribution in [3.8, 4) is 0 Å². The molecule has 0 spiro atoms. The quantitative estimate of drug-likeness (QED) is 0.822. The Balaban J connectivity index is 1.86. The fourth-order valence-corrected chi connectivity index (χ4v) is 2.33. The van der Waals surface area contributed by atoms with Gasteiger partial charge in [-0.05, 0) is 44.4 Å². The first-order valence-corrected chi connectivity index (χ1v) is 6.80. The van der Waals surface area contributed by atoms with Gasteiger partial charge in [0, 0.05) is 31.6 Å². The molecule has 0 aromatic carbocycles. The minimum Gasteiger partial charge on any atom is -0.376 e. The van der Waals surface area contributed by atoms with Crippen LogP contribution in [0.2, 0.25) is 0 Å². The van der Waals surface area contributed by atoms with Gasteiger partial charge < -0.3 is 14.6 Å². The second-order valence-corrected chi connectivity index (χ2v) is 4.95. The minimum atomic E-state index is 0.425. The molecule has 1 aliphatic rings. The van der Waals surface area contributed by atoms with E-state index < -0.39 is 0 Å². The Hall–Kier alpha value is -0.800. The van der Waals surface area contributed by atoms with Gasteiger partial charge in [0.05, 0.1) is 6.10 Å². The van der Waals surface area contributed by atoms with Gasteiger partial charge in [0.15, 0.2) is 0 Å². The standard InChI is InChI=1S/C14H24N2O/c1-3-7-15-12(2)13-6-8-16(10-13)11-14-5-4-9-17-14/h6,8,10,12,14-15H,3-5,7,9,11H2,1-2H3. The average molecular weight is 236 g/mol. The monoisotopic (exact) mass is 236 g/mol. The van der Waals surface area contributed by atoms with Crippen LogP contribution in [0.3, 0.4) is 0 Å². The maximum absolute atomic E-state index is 5.66. The van der Waals surface area contributed by atoms with Crippen molar-refractivity contribution in [2.75, 3.05) is 13.2 Å². The molecule has 2 heterocycles. The third-order valence-corrected chi connectivity index (χ3v) is 3.41. The van der Waals surface area contributed by atoms with E-state index in [0.29, 0.717) is 12.1 Å². The molecule has 1 N–H and O–H groups in total. The van der Waals surface area contributed by atoms with Crippen molar-refractivity contribution in [1.29, 1.82) is 0 Å². The normalized spacial score (nSPS) is 21.9. The number of hydrogen-bond acceptors (Lipinski definition) is 2. The highest BCUT2D eigenvalue weighted by atomic mass is 16.5. The predicted octanol–water partition coefficient (Wildman–Crippen LogP) is 2.73. The van der Waals surface area contributed by atoms with Crippen molar-refractivity contribution in [3.63, 3.8) is 0 Å². The molecule has 2 atom stereocenters. The number of nitrogens with one attached hydrogen (secondary N) is 1. The maximum atomic E-state index is 5.66. The van der Waals surface area contributed by atoms with Gasteiger partial charge in [-0.1, -0.05) is 6.92 Å². The largest absolute Gasteiger partial charge is 0.376 e. The molecule has 1 saturated heterocycles. The van der Waals surface area contributed by atoms with E-state index in [4.69, 9.17) is 4.74 Å². The molecule has 3 heteroatoms. The van der Waals surface area contributed by atoms with E-state index in [2.05, 4.69) is 42.2 Å². The molecule has 1 aliphatic heterocycles. The van der Waals surface area contributed by atoms with E-state index in [9.17, 15) is 0 Å². The average Bonchev–Trinajstić information content (AvgIpc) is 2.98. The number of nitrogens with zero attached hydrogens (tertiary/aromatic N) is 1. The predicted molar refractivity (Wildman–Crippen MR) is 70.1 cm³/mol. The van der Waals surface area contributed by atoms with Gasteiger partial charge in [0.1, 0.15) is 0 Å². The lowest BCUT2D eigenvalue weighted by atomic mass is 10.2. The van der Waals surface area contributed by atoms with Gasteiger partial charge in [-0.25, -0.2) is 0 Å². The van der Waals surface area contributed by atoms with Crippen LogP contribution in [0.25, 0.3) is 0 Å². The van der Waals surface area contributed by atoms with Gasteiger partial charge in [-0.15, -0.1) is 0 Å². The van der Waals surface area contributed by atoms with Crippen LogP contribution < -0.4 is 5.32 Å². The third kappa shape index (κ3) is 3.58. The van der Waals surface area contributed by atoms with Gasteiger partial charge >= 0.3 is 0 Å². The van der Waals surface area contributed by atoms with Gasteiger partial charge in [-0.2, -0.15) is 0 Å². The van der Waals surface area contributed by atoms with Crippen LogP contribution in [0.5, 0.6) is 0 Å². The zero-order valence-electron chi connectivity index (χ0n) is 11.0. The molecule has 3 nitrogen and oxygen atoms in total. The maximum Gasteiger partial charge on any atom is 0.0754 e. The molecular weight excluding hydrogens is 212 g/mol. The van der Waals surface area contributed by atoms with E-state index in [0.717, 1.165) is 19.7 Å². The summed E-state index contributed by atoms with van der Waals surface area (Å²) in [5.74, 6) is 0.